The molecule has 1 heterocycles. The molecule has 0 aliphatic heterocycles. The van der Waals surface area contributed by atoms with Gasteiger partial charge in [0.05, 0.1) is 5.56 Å². The highest BCUT2D eigenvalue weighted by molar-refractivity contribution is 5.96. The van der Waals surface area contributed by atoms with E-state index in [1.807, 2.05) is 10.9 Å². The summed E-state index contributed by atoms with van der Waals surface area (Å²) < 4.78 is 23.6. The Balaban J connectivity index is 1.44. The van der Waals surface area contributed by atoms with E-state index >= 15 is 0 Å². The maximum absolute atomic E-state index is 13.4. The number of hydrogen-bond donors (Lipinski definition) is 2. The van der Waals surface area contributed by atoms with Crippen LogP contribution in [0.15, 0.2) is 59.0 Å². The number of benzene rings is 2. The zero-order valence-electron chi connectivity index (χ0n) is 14.3. The van der Waals surface area contributed by atoms with Gasteiger partial charge in [0.25, 0.3) is 11.8 Å². The highest BCUT2D eigenvalue weighted by Gasteiger charge is 2.12. The monoisotopic (exact) mass is 383 g/mol. The molecule has 0 aliphatic rings. The first-order chi connectivity index (χ1) is 13.5. The van der Waals surface area contributed by atoms with E-state index < -0.39 is 30.2 Å². The van der Waals surface area contributed by atoms with E-state index in [1.54, 1.807) is 24.3 Å². The molecule has 3 rings (SSSR count). The Morgan fingerprint density at radius 3 is 2.61 bits per heavy atom. The lowest BCUT2D eigenvalue weighted by molar-refractivity contribution is -0.144. The number of hydrazine groups is 1. The first kappa shape index (κ1) is 18.8. The summed E-state index contributed by atoms with van der Waals surface area (Å²) in [5.74, 6) is -2.97. The van der Waals surface area contributed by atoms with Gasteiger partial charge in [-0.1, -0.05) is 24.3 Å². The average molecular weight is 383 g/mol. The number of nitrogens with one attached hydrogen (secondary N) is 2. The minimum absolute atomic E-state index is 0.208. The first-order valence-corrected chi connectivity index (χ1v) is 8.07. The predicted molar refractivity (Wildman–Crippen MR) is 96.0 cm³/mol. The van der Waals surface area contributed by atoms with E-state index in [0.717, 1.165) is 12.1 Å². The Bertz CT molecular complexity index is 1030. The number of oxazole rings is 1. The van der Waals surface area contributed by atoms with Gasteiger partial charge in [0.1, 0.15) is 11.3 Å². The summed E-state index contributed by atoms with van der Waals surface area (Å²) in [7, 11) is 0. The van der Waals surface area contributed by atoms with E-state index in [2.05, 4.69) is 4.98 Å². The van der Waals surface area contributed by atoms with Gasteiger partial charge in [0, 0.05) is 12.2 Å². The number of amides is 2. The third-order valence-electron chi connectivity index (χ3n) is 3.45. The molecule has 0 bridgehead atoms. The normalized spacial score (nSPS) is 10.8. The van der Waals surface area contributed by atoms with Gasteiger partial charge in [-0.15, -0.1) is 0 Å². The second-order valence-corrected chi connectivity index (χ2v) is 5.44. The molecule has 0 radical (unpaired) electrons. The summed E-state index contributed by atoms with van der Waals surface area (Å²) in [6, 6.07) is 12.4. The molecule has 0 spiro atoms. The van der Waals surface area contributed by atoms with E-state index in [1.165, 1.54) is 24.3 Å². The Labute approximate surface area is 158 Å². The van der Waals surface area contributed by atoms with Crippen molar-refractivity contribution in [1.82, 2.24) is 15.8 Å². The van der Waals surface area contributed by atoms with E-state index in [-0.39, 0.29) is 11.5 Å². The molecule has 0 aliphatic carbocycles. The van der Waals surface area contributed by atoms with Crippen molar-refractivity contribution in [2.75, 3.05) is 6.61 Å². The molecule has 2 aromatic carbocycles. The van der Waals surface area contributed by atoms with Crippen LogP contribution in [-0.4, -0.2) is 29.4 Å². The number of hydrogen-bond acceptors (Lipinski definition) is 6. The number of fused-ring (bicyclic) bond motifs is 1. The van der Waals surface area contributed by atoms with Gasteiger partial charge in [-0.2, -0.15) is 0 Å². The van der Waals surface area contributed by atoms with Gasteiger partial charge in [-0.25, -0.2) is 14.2 Å². The molecule has 9 heteroatoms. The van der Waals surface area contributed by atoms with Crippen LogP contribution in [0.2, 0.25) is 0 Å². The molecule has 1 aromatic heterocycles. The molecule has 8 nitrogen and oxygen atoms in total. The summed E-state index contributed by atoms with van der Waals surface area (Å²) >= 11 is 0. The average Bonchev–Trinajstić information content (AvgIpc) is 3.12. The van der Waals surface area contributed by atoms with Crippen LogP contribution in [0.25, 0.3) is 17.2 Å². The highest BCUT2D eigenvalue weighted by Crippen LogP contribution is 2.15. The Hall–Kier alpha value is -4.01. The molecule has 3 aromatic rings. The van der Waals surface area contributed by atoms with Gasteiger partial charge in [0.2, 0.25) is 5.89 Å². The van der Waals surface area contributed by atoms with Crippen LogP contribution in [0.5, 0.6) is 0 Å². The topological polar surface area (TPSA) is 111 Å². The SMILES string of the molecule is O=C(COC(=O)/C=C/c1nc2ccccc2o1)NNC(=O)c1ccccc1F. The highest BCUT2D eigenvalue weighted by atomic mass is 19.1. The van der Waals surface area contributed by atoms with Crippen LogP contribution in [-0.2, 0) is 14.3 Å². The minimum Gasteiger partial charge on any atom is -0.452 e. The number of carbonyl (C=O) groups is 3. The zero-order valence-corrected chi connectivity index (χ0v) is 14.3. The predicted octanol–water partition coefficient (Wildman–Crippen LogP) is 1.98. The molecule has 2 N–H and O–H groups in total. The molecule has 28 heavy (non-hydrogen) atoms. The van der Waals surface area contributed by atoms with E-state index in [9.17, 15) is 18.8 Å². The summed E-state index contributed by atoms with van der Waals surface area (Å²) in [5.41, 5.74) is 5.02. The van der Waals surface area contributed by atoms with Crippen molar-refractivity contribution in [1.29, 1.82) is 0 Å². The van der Waals surface area contributed by atoms with E-state index in [4.69, 9.17) is 9.15 Å². The maximum Gasteiger partial charge on any atom is 0.331 e. The lowest BCUT2D eigenvalue weighted by Gasteiger charge is -2.07. The fourth-order valence-corrected chi connectivity index (χ4v) is 2.16. The number of para-hydroxylation sites is 2. The fourth-order valence-electron chi connectivity index (χ4n) is 2.16. The van der Waals surface area contributed by atoms with Gasteiger partial charge in [-0.3, -0.25) is 20.4 Å². The van der Waals surface area contributed by atoms with Crippen LogP contribution in [0.3, 0.4) is 0 Å². The van der Waals surface area contributed by atoms with Crippen LogP contribution in [0.4, 0.5) is 4.39 Å². The molecule has 0 unspecified atom stereocenters. The Kier molecular flexibility index (Phi) is 5.75. The fraction of sp³-hybridized carbons (Fsp3) is 0.0526. The first-order valence-electron chi connectivity index (χ1n) is 8.07. The van der Waals surface area contributed by atoms with Crippen LogP contribution < -0.4 is 10.9 Å². The largest absolute Gasteiger partial charge is 0.452 e. The molecule has 0 fully saturated rings. The van der Waals surface area contributed by atoms with Crippen molar-refractivity contribution >= 4 is 35.0 Å². The lowest BCUT2D eigenvalue weighted by Crippen LogP contribution is -2.43. The second-order valence-electron chi connectivity index (χ2n) is 5.44. The number of esters is 1. The molecule has 142 valence electrons. The molecular weight excluding hydrogens is 369 g/mol. The summed E-state index contributed by atoms with van der Waals surface area (Å²) in [6.07, 6.45) is 2.36. The minimum atomic E-state index is -0.839. The van der Waals surface area contributed by atoms with Crippen LogP contribution >= 0.6 is 0 Å². The molecule has 2 amide bonds. The number of rotatable bonds is 5. The van der Waals surface area contributed by atoms with Crippen LogP contribution in [0.1, 0.15) is 16.2 Å². The number of carbonyl (C=O) groups excluding carboxylic acids is 3. The number of aromatic nitrogens is 1. The van der Waals surface area contributed by atoms with Crippen LogP contribution in [0, 0.1) is 5.82 Å². The number of nitrogens with zero attached hydrogens (tertiary/aromatic N) is 1. The zero-order chi connectivity index (χ0) is 19.9. The van der Waals surface area contributed by atoms with Crippen molar-refractivity contribution in [3.05, 3.63) is 71.9 Å². The number of halogens is 1. The maximum atomic E-state index is 13.4. The summed E-state index contributed by atoms with van der Waals surface area (Å²) in [5, 5.41) is 0. The number of ether oxygens (including phenoxy) is 1. The van der Waals surface area contributed by atoms with E-state index in [0.29, 0.717) is 11.1 Å². The molecular formula is C19H14FN3O5. The van der Waals surface area contributed by atoms with Gasteiger partial charge in [-0.05, 0) is 24.3 Å². The quantitative estimate of drug-likeness (QED) is 0.396. The van der Waals surface area contributed by atoms with Gasteiger partial charge < -0.3 is 9.15 Å². The van der Waals surface area contributed by atoms with Crippen molar-refractivity contribution in [2.45, 2.75) is 0 Å². The van der Waals surface area contributed by atoms with Crippen molar-refractivity contribution in [2.24, 2.45) is 0 Å². The standard InChI is InChI=1S/C19H14FN3O5/c20-13-6-2-1-5-12(13)19(26)23-22-16(24)11-27-18(25)10-9-17-21-14-7-3-4-8-15(14)28-17/h1-10H,11H2,(H,22,24)(H,23,26)/b10-9+. The Morgan fingerprint density at radius 1 is 1.07 bits per heavy atom. The summed E-state index contributed by atoms with van der Waals surface area (Å²) in [6.45, 7) is -0.645. The third kappa shape index (κ3) is 4.79. The lowest BCUT2D eigenvalue weighted by atomic mass is 10.2. The van der Waals surface area contributed by atoms with Gasteiger partial charge in [0.15, 0.2) is 12.2 Å². The molecule has 0 saturated carbocycles. The third-order valence-corrected chi connectivity index (χ3v) is 3.45. The van der Waals surface area contributed by atoms with Gasteiger partial charge >= 0.3 is 5.97 Å². The van der Waals surface area contributed by atoms with Crippen molar-refractivity contribution in [3.8, 4) is 0 Å². The Morgan fingerprint density at radius 2 is 1.82 bits per heavy atom. The second kappa shape index (κ2) is 8.58. The van der Waals surface area contributed by atoms with Crippen molar-refractivity contribution in [3.63, 3.8) is 0 Å². The summed E-state index contributed by atoms with van der Waals surface area (Å²) in [4.78, 5) is 39.1. The molecule has 0 atom stereocenters. The smallest absolute Gasteiger partial charge is 0.331 e. The van der Waals surface area contributed by atoms with Crippen molar-refractivity contribution < 1.29 is 27.9 Å². The molecule has 0 saturated heterocycles.